The van der Waals surface area contributed by atoms with Gasteiger partial charge >= 0.3 is 0 Å². The SMILES string of the molecule is CC(C)NCc1cc2ccncc2s1. The van der Waals surface area contributed by atoms with Gasteiger partial charge < -0.3 is 5.32 Å². The maximum absolute atomic E-state index is 4.11. The molecule has 0 aromatic carbocycles. The van der Waals surface area contributed by atoms with Gasteiger partial charge in [0.05, 0.1) is 4.70 Å². The highest BCUT2D eigenvalue weighted by molar-refractivity contribution is 7.19. The van der Waals surface area contributed by atoms with Crippen LogP contribution < -0.4 is 5.32 Å². The Morgan fingerprint density at radius 2 is 2.36 bits per heavy atom. The molecule has 0 aliphatic carbocycles. The van der Waals surface area contributed by atoms with Gasteiger partial charge in [-0.05, 0) is 17.5 Å². The summed E-state index contributed by atoms with van der Waals surface area (Å²) in [6.07, 6.45) is 3.77. The first-order chi connectivity index (χ1) is 6.75. The standard InChI is InChI=1S/C11H14N2S/c1-8(2)13-6-10-5-9-3-4-12-7-11(9)14-10/h3-5,7-8,13H,6H2,1-2H3. The fraction of sp³-hybridized carbons (Fsp3) is 0.364. The second-order valence-corrected chi connectivity index (χ2v) is 4.83. The van der Waals surface area contributed by atoms with Crippen LogP contribution in [0.4, 0.5) is 0 Å². The third kappa shape index (κ3) is 2.11. The van der Waals surface area contributed by atoms with Gasteiger partial charge in [0.15, 0.2) is 0 Å². The molecule has 0 aliphatic heterocycles. The van der Waals surface area contributed by atoms with Crippen LogP contribution in [0.2, 0.25) is 0 Å². The van der Waals surface area contributed by atoms with Crippen LogP contribution in [0.3, 0.4) is 0 Å². The number of thiophene rings is 1. The molecule has 2 nitrogen and oxygen atoms in total. The Kier molecular flexibility index (Phi) is 2.79. The van der Waals surface area contributed by atoms with Crippen molar-refractivity contribution in [3.63, 3.8) is 0 Å². The maximum atomic E-state index is 4.11. The lowest BCUT2D eigenvalue weighted by molar-refractivity contribution is 0.593. The molecule has 0 bridgehead atoms. The Labute approximate surface area is 88.0 Å². The van der Waals surface area contributed by atoms with Gasteiger partial charge in [-0.2, -0.15) is 0 Å². The van der Waals surface area contributed by atoms with Gasteiger partial charge in [-0.15, -0.1) is 11.3 Å². The molecule has 1 N–H and O–H groups in total. The lowest BCUT2D eigenvalue weighted by Gasteiger charge is -2.04. The van der Waals surface area contributed by atoms with E-state index in [2.05, 4.69) is 36.3 Å². The number of hydrogen-bond donors (Lipinski definition) is 1. The van der Waals surface area contributed by atoms with E-state index in [9.17, 15) is 0 Å². The van der Waals surface area contributed by atoms with Crippen molar-refractivity contribution >= 4 is 21.4 Å². The molecule has 2 rings (SSSR count). The van der Waals surface area contributed by atoms with Gasteiger partial charge in [-0.1, -0.05) is 13.8 Å². The van der Waals surface area contributed by atoms with Gasteiger partial charge in [-0.25, -0.2) is 0 Å². The molecule has 0 amide bonds. The van der Waals surface area contributed by atoms with E-state index in [1.54, 1.807) is 0 Å². The van der Waals surface area contributed by atoms with E-state index < -0.39 is 0 Å². The molecule has 0 radical (unpaired) electrons. The molecule has 14 heavy (non-hydrogen) atoms. The average molecular weight is 206 g/mol. The first-order valence-corrected chi connectivity index (χ1v) is 5.63. The first kappa shape index (κ1) is 9.62. The Balaban J connectivity index is 2.19. The van der Waals surface area contributed by atoms with Crippen molar-refractivity contribution in [1.29, 1.82) is 0 Å². The first-order valence-electron chi connectivity index (χ1n) is 4.81. The molecule has 3 heteroatoms. The quantitative estimate of drug-likeness (QED) is 0.835. The smallest absolute Gasteiger partial charge is 0.0529 e. The highest BCUT2D eigenvalue weighted by atomic mass is 32.1. The Bertz CT molecular complexity index is 387. The summed E-state index contributed by atoms with van der Waals surface area (Å²) in [6.45, 7) is 5.28. The molecule has 74 valence electrons. The maximum Gasteiger partial charge on any atom is 0.0529 e. The molecule has 0 fully saturated rings. The van der Waals surface area contributed by atoms with Gasteiger partial charge in [0.1, 0.15) is 0 Å². The van der Waals surface area contributed by atoms with E-state index >= 15 is 0 Å². The zero-order valence-electron chi connectivity index (χ0n) is 8.45. The van der Waals surface area contributed by atoms with Gasteiger partial charge in [-0.3, -0.25) is 4.98 Å². The van der Waals surface area contributed by atoms with E-state index in [1.807, 2.05) is 23.7 Å². The largest absolute Gasteiger partial charge is 0.310 e. The van der Waals surface area contributed by atoms with Gasteiger partial charge in [0, 0.05) is 29.9 Å². The molecular weight excluding hydrogens is 192 g/mol. The molecule has 2 heterocycles. The topological polar surface area (TPSA) is 24.9 Å². The average Bonchev–Trinajstić information content (AvgIpc) is 2.57. The normalized spacial score (nSPS) is 11.4. The summed E-state index contributed by atoms with van der Waals surface area (Å²) in [4.78, 5) is 5.49. The summed E-state index contributed by atoms with van der Waals surface area (Å²) >= 11 is 1.81. The number of rotatable bonds is 3. The lowest BCUT2D eigenvalue weighted by atomic mass is 10.3. The van der Waals surface area contributed by atoms with Crippen molar-refractivity contribution in [2.45, 2.75) is 26.4 Å². The van der Waals surface area contributed by atoms with Crippen LogP contribution in [-0.4, -0.2) is 11.0 Å². The van der Waals surface area contributed by atoms with Crippen LogP contribution in [0.5, 0.6) is 0 Å². The van der Waals surface area contributed by atoms with Crippen molar-refractivity contribution in [1.82, 2.24) is 10.3 Å². The van der Waals surface area contributed by atoms with Gasteiger partial charge in [0.25, 0.3) is 0 Å². The molecule has 0 unspecified atom stereocenters. The van der Waals surface area contributed by atoms with Crippen molar-refractivity contribution in [3.05, 3.63) is 29.4 Å². The third-order valence-electron chi connectivity index (χ3n) is 2.06. The monoisotopic (exact) mass is 206 g/mol. The van der Waals surface area contributed by atoms with E-state index in [1.165, 1.54) is 15.0 Å². The lowest BCUT2D eigenvalue weighted by Crippen LogP contribution is -2.21. The Morgan fingerprint density at radius 1 is 1.50 bits per heavy atom. The van der Waals surface area contributed by atoms with Crippen molar-refractivity contribution < 1.29 is 0 Å². The zero-order valence-corrected chi connectivity index (χ0v) is 9.27. The van der Waals surface area contributed by atoms with Crippen LogP contribution in [0.1, 0.15) is 18.7 Å². The van der Waals surface area contributed by atoms with E-state index in [4.69, 9.17) is 0 Å². The fourth-order valence-electron chi connectivity index (χ4n) is 1.33. The van der Waals surface area contributed by atoms with Gasteiger partial charge in [0.2, 0.25) is 0 Å². The highest BCUT2D eigenvalue weighted by Gasteiger charge is 2.01. The molecule has 0 saturated heterocycles. The Morgan fingerprint density at radius 3 is 3.07 bits per heavy atom. The number of fused-ring (bicyclic) bond motifs is 1. The summed E-state index contributed by atoms with van der Waals surface area (Å²) in [5.41, 5.74) is 0. The van der Waals surface area contributed by atoms with Crippen LogP contribution in [0.15, 0.2) is 24.5 Å². The van der Waals surface area contributed by atoms with Crippen molar-refractivity contribution in [2.24, 2.45) is 0 Å². The fourth-order valence-corrected chi connectivity index (χ4v) is 2.31. The molecule has 0 aliphatic rings. The summed E-state index contributed by atoms with van der Waals surface area (Å²) < 4.78 is 1.27. The van der Waals surface area contributed by atoms with E-state index in [-0.39, 0.29) is 0 Å². The Hall–Kier alpha value is -0.930. The number of nitrogens with one attached hydrogen (secondary N) is 1. The second-order valence-electron chi connectivity index (χ2n) is 3.66. The number of hydrogen-bond acceptors (Lipinski definition) is 3. The van der Waals surface area contributed by atoms with Crippen LogP contribution in [0.25, 0.3) is 10.1 Å². The summed E-state index contributed by atoms with van der Waals surface area (Å²) in [5, 5.41) is 4.71. The predicted octanol–water partition coefficient (Wildman–Crippen LogP) is 2.79. The third-order valence-corrected chi connectivity index (χ3v) is 3.14. The number of aromatic nitrogens is 1. The molecule has 2 aromatic rings. The predicted molar refractivity (Wildman–Crippen MR) is 61.6 cm³/mol. The van der Waals surface area contributed by atoms with Crippen molar-refractivity contribution in [3.8, 4) is 0 Å². The minimum Gasteiger partial charge on any atom is -0.310 e. The minimum absolute atomic E-state index is 0.540. The minimum atomic E-state index is 0.540. The zero-order chi connectivity index (χ0) is 9.97. The molecule has 0 atom stereocenters. The molecule has 2 aromatic heterocycles. The molecule has 0 spiro atoms. The summed E-state index contributed by atoms with van der Waals surface area (Å²) in [6, 6.07) is 4.83. The van der Waals surface area contributed by atoms with Crippen molar-refractivity contribution in [2.75, 3.05) is 0 Å². The summed E-state index contributed by atoms with van der Waals surface area (Å²) in [5.74, 6) is 0. The van der Waals surface area contributed by atoms with E-state index in [0.717, 1.165) is 6.54 Å². The molecule has 0 saturated carbocycles. The van der Waals surface area contributed by atoms with Crippen LogP contribution in [-0.2, 0) is 6.54 Å². The van der Waals surface area contributed by atoms with E-state index in [0.29, 0.717) is 6.04 Å². The summed E-state index contributed by atoms with van der Waals surface area (Å²) in [7, 11) is 0. The number of pyridine rings is 1. The number of nitrogens with zero attached hydrogens (tertiary/aromatic N) is 1. The highest BCUT2D eigenvalue weighted by Crippen LogP contribution is 2.24. The van der Waals surface area contributed by atoms with Crippen LogP contribution >= 0.6 is 11.3 Å². The molecular formula is C11H14N2S. The second kappa shape index (κ2) is 4.07. The van der Waals surface area contributed by atoms with Crippen LogP contribution in [0, 0.1) is 0 Å².